The summed E-state index contributed by atoms with van der Waals surface area (Å²) >= 11 is 3.41. The molecule has 0 radical (unpaired) electrons. The zero-order valence-corrected chi connectivity index (χ0v) is 13.6. The summed E-state index contributed by atoms with van der Waals surface area (Å²) in [7, 11) is 0. The topological polar surface area (TPSA) is 66.4 Å². The second kappa shape index (κ2) is 7.07. The Labute approximate surface area is 133 Å². The smallest absolute Gasteiger partial charge is 0.307 e. The van der Waals surface area contributed by atoms with Crippen molar-refractivity contribution in [1.82, 2.24) is 5.32 Å². The fourth-order valence-corrected chi connectivity index (χ4v) is 3.34. The van der Waals surface area contributed by atoms with Crippen LogP contribution in [0, 0.1) is 11.8 Å². The van der Waals surface area contributed by atoms with E-state index in [2.05, 4.69) is 21.2 Å². The summed E-state index contributed by atoms with van der Waals surface area (Å²) in [5.74, 6) is -1.96. The van der Waals surface area contributed by atoms with Crippen molar-refractivity contribution in [1.29, 1.82) is 0 Å². The Morgan fingerprint density at radius 2 is 1.95 bits per heavy atom. The molecule has 4 nitrogen and oxygen atoms in total. The van der Waals surface area contributed by atoms with Crippen molar-refractivity contribution in [3.8, 4) is 0 Å². The second-order valence-corrected chi connectivity index (χ2v) is 6.54. The van der Waals surface area contributed by atoms with E-state index in [0.717, 1.165) is 22.9 Å². The van der Waals surface area contributed by atoms with Gasteiger partial charge in [0.05, 0.1) is 17.9 Å². The van der Waals surface area contributed by atoms with Gasteiger partial charge in [0.25, 0.3) is 0 Å². The van der Waals surface area contributed by atoms with E-state index >= 15 is 0 Å². The van der Waals surface area contributed by atoms with Gasteiger partial charge in [-0.15, -0.1) is 0 Å². The average molecular weight is 354 g/mol. The molecule has 0 saturated heterocycles. The molecule has 0 heterocycles. The summed E-state index contributed by atoms with van der Waals surface area (Å²) < 4.78 is 0.960. The molecule has 0 aromatic heterocycles. The van der Waals surface area contributed by atoms with Gasteiger partial charge < -0.3 is 10.4 Å². The van der Waals surface area contributed by atoms with Gasteiger partial charge in [-0.05, 0) is 37.5 Å². The Hall–Kier alpha value is -1.36. The molecular weight excluding hydrogens is 334 g/mol. The SMILES string of the molecule is C[C@H](NC(=O)[C@@H]1CCCC[C@@H]1C(=O)O)c1cccc(Br)c1. The highest BCUT2D eigenvalue weighted by Gasteiger charge is 2.36. The van der Waals surface area contributed by atoms with Crippen molar-refractivity contribution in [3.05, 3.63) is 34.3 Å². The van der Waals surface area contributed by atoms with Gasteiger partial charge in [0.1, 0.15) is 0 Å². The third-order valence-electron chi connectivity index (χ3n) is 4.13. The van der Waals surface area contributed by atoms with Crippen LogP contribution in [0.2, 0.25) is 0 Å². The number of carbonyl (C=O) groups is 2. The van der Waals surface area contributed by atoms with E-state index in [-0.39, 0.29) is 11.9 Å². The van der Waals surface area contributed by atoms with Crippen molar-refractivity contribution in [2.75, 3.05) is 0 Å². The van der Waals surface area contributed by atoms with Gasteiger partial charge in [-0.2, -0.15) is 0 Å². The van der Waals surface area contributed by atoms with Gasteiger partial charge in [-0.3, -0.25) is 9.59 Å². The van der Waals surface area contributed by atoms with Crippen LogP contribution < -0.4 is 5.32 Å². The summed E-state index contributed by atoms with van der Waals surface area (Å²) in [5.41, 5.74) is 1.00. The molecule has 1 aliphatic carbocycles. The molecule has 2 rings (SSSR count). The average Bonchev–Trinajstić information content (AvgIpc) is 2.47. The number of nitrogens with one attached hydrogen (secondary N) is 1. The predicted molar refractivity (Wildman–Crippen MR) is 83.8 cm³/mol. The minimum Gasteiger partial charge on any atom is -0.481 e. The fourth-order valence-electron chi connectivity index (χ4n) is 2.92. The molecule has 0 spiro atoms. The van der Waals surface area contributed by atoms with Crippen LogP contribution in [0.5, 0.6) is 0 Å². The van der Waals surface area contributed by atoms with Crippen molar-refractivity contribution in [2.24, 2.45) is 11.8 Å². The third-order valence-corrected chi connectivity index (χ3v) is 4.62. The third kappa shape index (κ3) is 4.06. The molecule has 114 valence electrons. The minimum atomic E-state index is -0.857. The van der Waals surface area contributed by atoms with Crippen LogP contribution in [0.25, 0.3) is 0 Å². The maximum atomic E-state index is 12.4. The number of hydrogen-bond donors (Lipinski definition) is 2. The molecular formula is C16H20BrNO3. The van der Waals surface area contributed by atoms with Gasteiger partial charge in [0.15, 0.2) is 0 Å². The van der Waals surface area contributed by atoms with E-state index < -0.39 is 17.8 Å². The molecule has 21 heavy (non-hydrogen) atoms. The molecule has 0 bridgehead atoms. The number of carboxylic acids is 1. The lowest BCUT2D eigenvalue weighted by Gasteiger charge is -2.28. The molecule has 1 amide bonds. The number of carbonyl (C=O) groups excluding carboxylic acids is 1. The second-order valence-electron chi connectivity index (χ2n) is 5.62. The fraction of sp³-hybridized carbons (Fsp3) is 0.500. The molecule has 0 unspecified atom stereocenters. The van der Waals surface area contributed by atoms with Crippen molar-refractivity contribution in [2.45, 2.75) is 38.6 Å². The maximum absolute atomic E-state index is 12.4. The van der Waals surface area contributed by atoms with Crippen LogP contribution in [-0.2, 0) is 9.59 Å². The Bertz CT molecular complexity index is 532. The van der Waals surface area contributed by atoms with E-state index in [1.165, 1.54) is 0 Å². The first-order valence-corrected chi connectivity index (χ1v) is 8.07. The summed E-state index contributed by atoms with van der Waals surface area (Å²) in [6.07, 6.45) is 3.07. The molecule has 2 N–H and O–H groups in total. The zero-order chi connectivity index (χ0) is 15.4. The van der Waals surface area contributed by atoms with Crippen LogP contribution in [0.15, 0.2) is 28.7 Å². The van der Waals surface area contributed by atoms with Crippen molar-refractivity contribution < 1.29 is 14.7 Å². The largest absolute Gasteiger partial charge is 0.481 e. The monoisotopic (exact) mass is 353 g/mol. The standard InChI is InChI=1S/C16H20BrNO3/c1-10(11-5-4-6-12(17)9-11)18-15(19)13-7-2-3-8-14(13)16(20)21/h4-6,9-10,13-14H,2-3,7-8H2,1H3,(H,18,19)(H,20,21)/t10-,13+,14-/m0/s1. The summed E-state index contributed by atoms with van der Waals surface area (Å²) in [4.78, 5) is 23.7. The highest BCUT2D eigenvalue weighted by atomic mass is 79.9. The van der Waals surface area contributed by atoms with E-state index in [1.54, 1.807) is 0 Å². The predicted octanol–water partition coefficient (Wildman–Crippen LogP) is 3.52. The van der Waals surface area contributed by atoms with Gasteiger partial charge in [0, 0.05) is 4.47 Å². The maximum Gasteiger partial charge on any atom is 0.307 e. The summed E-state index contributed by atoms with van der Waals surface area (Å²) in [6.45, 7) is 1.91. The van der Waals surface area contributed by atoms with E-state index in [1.807, 2.05) is 31.2 Å². The lowest BCUT2D eigenvalue weighted by atomic mass is 9.78. The van der Waals surface area contributed by atoms with Crippen LogP contribution in [0.1, 0.15) is 44.2 Å². The molecule has 1 aliphatic rings. The van der Waals surface area contributed by atoms with Gasteiger partial charge >= 0.3 is 5.97 Å². The number of hydrogen-bond acceptors (Lipinski definition) is 2. The first-order chi connectivity index (χ1) is 9.99. The highest BCUT2D eigenvalue weighted by Crippen LogP contribution is 2.31. The van der Waals surface area contributed by atoms with Crippen molar-refractivity contribution in [3.63, 3.8) is 0 Å². The van der Waals surface area contributed by atoms with E-state index in [9.17, 15) is 14.7 Å². The van der Waals surface area contributed by atoms with Crippen LogP contribution in [-0.4, -0.2) is 17.0 Å². The molecule has 1 fully saturated rings. The Morgan fingerprint density at radius 3 is 2.57 bits per heavy atom. The molecule has 1 aromatic rings. The Kier molecular flexibility index (Phi) is 5.39. The number of halogens is 1. The molecule has 1 aromatic carbocycles. The number of rotatable bonds is 4. The van der Waals surface area contributed by atoms with Crippen LogP contribution in [0.3, 0.4) is 0 Å². The molecule has 3 atom stereocenters. The first kappa shape index (κ1) is 16.0. The lowest BCUT2D eigenvalue weighted by Crippen LogP contribution is -2.40. The van der Waals surface area contributed by atoms with Crippen molar-refractivity contribution >= 4 is 27.8 Å². The number of amides is 1. The van der Waals surface area contributed by atoms with Gasteiger partial charge in [0.2, 0.25) is 5.91 Å². The normalized spacial score (nSPS) is 23.3. The summed E-state index contributed by atoms with van der Waals surface area (Å²) in [6, 6.07) is 7.63. The summed E-state index contributed by atoms with van der Waals surface area (Å²) in [5, 5.41) is 12.2. The first-order valence-electron chi connectivity index (χ1n) is 7.27. The molecule has 0 aliphatic heterocycles. The molecule has 1 saturated carbocycles. The van der Waals surface area contributed by atoms with Gasteiger partial charge in [-0.1, -0.05) is 40.9 Å². The number of benzene rings is 1. The van der Waals surface area contributed by atoms with Gasteiger partial charge in [-0.25, -0.2) is 0 Å². The Balaban J connectivity index is 2.04. The zero-order valence-electron chi connectivity index (χ0n) is 12.0. The minimum absolute atomic E-state index is 0.133. The number of carboxylic acid groups (broad SMARTS) is 1. The van der Waals surface area contributed by atoms with Crippen LogP contribution >= 0.6 is 15.9 Å². The van der Waals surface area contributed by atoms with E-state index in [4.69, 9.17) is 0 Å². The quantitative estimate of drug-likeness (QED) is 0.870. The Morgan fingerprint density at radius 1 is 1.29 bits per heavy atom. The highest BCUT2D eigenvalue weighted by molar-refractivity contribution is 9.10. The van der Waals surface area contributed by atoms with Crippen LogP contribution in [0.4, 0.5) is 0 Å². The number of aliphatic carboxylic acids is 1. The molecule has 5 heteroatoms. The van der Waals surface area contributed by atoms with E-state index in [0.29, 0.717) is 12.8 Å². The lowest BCUT2D eigenvalue weighted by molar-refractivity contribution is -0.149.